The summed E-state index contributed by atoms with van der Waals surface area (Å²) in [6, 6.07) is 1.96. The van der Waals surface area contributed by atoms with Crippen LogP contribution < -0.4 is 5.73 Å². The quantitative estimate of drug-likeness (QED) is 0.726. The third-order valence-corrected chi connectivity index (χ3v) is 1.94. The molecule has 2 heterocycles. The van der Waals surface area contributed by atoms with Gasteiger partial charge in [0.2, 0.25) is 0 Å². The maximum absolute atomic E-state index is 5.45. The van der Waals surface area contributed by atoms with Crippen LogP contribution >= 0.6 is 0 Å². The normalized spacial score (nSPS) is 10.9. The van der Waals surface area contributed by atoms with Gasteiger partial charge in [0.1, 0.15) is 12.0 Å². The minimum atomic E-state index is 0.635. The van der Waals surface area contributed by atoms with Gasteiger partial charge in [0.15, 0.2) is 0 Å². The Bertz CT molecular complexity index is 418. The average molecular weight is 176 g/mol. The lowest BCUT2D eigenvalue weighted by molar-refractivity contribution is 0.936. The second-order valence-corrected chi connectivity index (χ2v) is 3.07. The van der Waals surface area contributed by atoms with Gasteiger partial charge in [-0.15, -0.1) is 0 Å². The van der Waals surface area contributed by atoms with Crippen LogP contribution in [0.3, 0.4) is 0 Å². The molecule has 2 rings (SSSR count). The van der Waals surface area contributed by atoms with Crippen LogP contribution in [0.25, 0.3) is 5.65 Å². The van der Waals surface area contributed by atoms with Crippen LogP contribution in [0, 0.1) is 6.92 Å². The van der Waals surface area contributed by atoms with Crippen LogP contribution in [0.2, 0.25) is 0 Å². The van der Waals surface area contributed by atoms with Crippen molar-refractivity contribution >= 4 is 5.65 Å². The van der Waals surface area contributed by atoms with Crippen molar-refractivity contribution in [2.75, 3.05) is 6.54 Å². The summed E-state index contributed by atoms with van der Waals surface area (Å²) in [5, 5.41) is 0. The molecule has 2 aromatic heterocycles. The molecule has 2 aromatic rings. The molecule has 0 aromatic carbocycles. The lowest BCUT2D eigenvalue weighted by Crippen LogP contribution is -2.02. The zero-order chi connectivity index (χ0) is 9.26. The zero-order valence-electron chi connectivity index (χ0n) is 7.57. The monoisotopic (exact) mass is 176 g/mol. The predicted octanol–water partition coefficient (Wildman–Crippen LogP) is 0.539. The highest BCUT2D eigenvalue weighted by Crippen LogP contribution is 2.05. The predicted molar refractivity (Wildman–Crippen MR) is 50.5 cm³/mol. The van der Waals surface area contributed by atoms with Crippen molar-refractivity contribution < 1.29 is 0 Å². The zero-order valence-corrected chi connectivity index (χ0v) is 7.57. The number of aromatic nitrogens is 3. The van der Waals surface area contributed by atoms with Crippen LogP contribution in [0.1, 0.15) is 11.4 Å². The first-order valence-corrected chi connectivity index (χ1v) is 4.30. The van der Waals surface area contributed by atoms with Gasteiger partial charge >= 0.3 is 0 Å². The lowest BCUT2D eigenvalue weighted by Gasteiger charge is -1.91. The van der Waals surface area contributed by atoms with Gasteiger partial charge in [-0.05, 0) is 13.5 Å². The van der Waals surface area contributed by atoms with Crippen LogP contribution in [0.4, 0.5) is 0 Å². The van der Waals surface area contributed by atoms with E-state index in [2.05, 4.69) is 9.97 Å². The summed E-state index contributed by atoms with van der Waals surface area (Å²) in [4.78, 5) is 8.58. The smallest absolute Gasteiger partial charge is 0.140 e. The summed E-state index contributed by atoms with van der Waals surface area (Å²) in [6.07, 6.45) is 4.56. The van der Waals surface area contributed by atoms with Crippen molar-refractivity contribution in [3.05, 3.63) is 30.0 Å². The van der Waals surface area contributed by atoms with Gasteiger partial charge < -0.3 is 5.73 Å². The molecule has 0 spiro atoms. The molecule has 0 aliphatic heterocycles. The first kappa shape index (κ1) is 8.19. The third-order valence-electron chi connectivity index (χ3n) is 1.94. The highest BCUT2D eigenvalue weighted by atomic mass is 15.0. The van der Waals surface area contributed by atoms with Crippen LogP contribution in [0.5, 0.6) is 0 Å². The molecule has 0 bridgehead atoms. The highest BCUT2D eigenvalue weighted by Gasteiger charge is 2.00. The van der Waals surface area contributed by atoms with Gasteiger partial charge in [0.25, 0.3) is 0 Å². The largest absolute Gasteiger partial charge is 0.330 e. The van der Waals surface area contributed by atoms with Crippen molar-refractivity contribution in [2.45, 2.75) is 13.3 Å². The standard InChI is InChI=1S/C9H12N4/c1-7-4-9-12-8(2-3-10)5-13(9)6-11-7/h4-6H,2-3,10H2,1H3. The summed E-state index contributed by atoms with van der Waals surface area (Å²) in [5.41, 5.74) is 8.39. The van der Waals surface area contributed by atoms with E-state index < -0.39 is 0 Å². The summed E-state index contributed by atoms with van der Waals surface area (Å²) < 4.78 is 1.91. The fourth-order valence-electron chi connectivity index (χ4n) is 1.31. The third kappa shape index (κ3) is 1.53. The van der Waals surface area contributed by atoms with Gasteiger partial charge in [-0.3, -0.25) is 4.40 Å². The van der Waals surface area contributed by atoms with Crippen LogP contribution in [-0.4, -0.2) is 20.9 Å². The van der Waals surface area contributed by atoms with Gasteiger partial charge in [-0.1, -0.05) is 0 Å². The first-order chi connectivity index (χ1) is 6.29. The van der Waals surface area contributed by atoms with Crippen molar-refractivity contribution in [1.82, 2.24) is 14.4 Å². The van der Waals surface area contributed by atoms with E-state index in [1.807, 2.05) is 23.6 Å². The van der Waals surface area contributed by atoms with Crippen molar-refractivity contribution in [1.29, 1.82) is 0 Å². The molecule has 0 atom stereocenters. The number of hydrogen-bond acceptors (Lipinski definition) is 3. The fraction of sp³-hybridized carbons (Fsp3) is 0.333. The molecular weight excluding hydrogens is 164 g/mol. The van der Waals surface area contributed by atoms with Gasteiger partial charge in [-0.25, -0.2) is 9.97 Å². The summed E-state index contributed by atoms with van der Waals surface area (Å²) in [5.74, 6) is 0. The van der Waals surface area contributed by atoms with E-state index in [4.69, 9.17) is 5.73 Å². The molecule has 4 nitrogen and oxygen atoms in total. The Morgan fingerprint density at radius 2 is 2.38 bits per heavy atom. The fourth-order valence-corrected chi connectivity index (χ4v) is 1.31. The highest BCUT2D eigenvalue weighted by molar-refractivity contribution is 5.40. The molecule has 4 heteroatoms. The van der Waals surface area contributed by atoms with Crippen LogP contribution in [-0.2, 0) is 6.42 Å². The number of imidazole rings is 1. The van der Waals surface area contributed by atoms with E-state index in [9.17, 15) is 0 Å². The number of nitrogens with zero attached hydrogens (tertiary/aromatic N) is 3. The van der Waals surface area contributed by atoms with E-state index in [0.29, 0.717) is 6.54 Å². The van der Waals surface area contributed by atoms with E-state index in [0.717, 1.165) is 23.5 Å². The van der Waals surface area contributed by atoms with Gasteiger partial charge in [0, 0.05) is 24.4 Å². The molecule has 68 valence electrons. The van der Waals surface area contributed by atoms with Gasteiger partial charge in [0.05, 0.1) is 5.69 Å². The molecule has 0 radical (unpaired) electrons. The maximum atomic E-state index is 5.45. The second kappa shape index (κ2) is 3.14. The molecule has 13 heavy (non-hydrogen) atoms. The number of nitrogens with two attached hydrogens (primary N) is 1. The molecule has 0 unspecified atom stereocenters. The van der Waals surface area contributed by atoms with E-state index in [-0.39, 0.29) is 0 Å². The molecule has 0 aliphatic rings. The average Bonchev–Trinajstić information content (AvgIpc) is 2.46. The maximum Gasteiger partial charge on any atom is 0.140 e. The minimum Gasteiger partial charge on any atom is -0.330 e. The van der Waals surface area contributed by atoms with Crippen molar-refractivity contribution in [3.8, 4) is 0 Å². The number of fused-ring (bicyclic) bond motifs is 1. The minimum absolute atomic E-state index is 0.635. The second-order valence-electron chi connectivity index (χ2n) is 3.07. The summed E-state index contributed by atoms with van der Waals surface area (Å²) >= 11 is 0. The Morgan fingerprint density at radius 3 is 3.15 bits per heavy atom. The Hall–Kier alpha value is -1.42. The topological polar surface area (TPSA) is 56.2 Å². The van der Waals surface area contributed by atoms with E-state index in [1.54, 1.807) is 6.33 Å². The Labute approximate surface area is 76.4 Å². The lowest BCUT2D eigenvalue weighted by atomic mass is 10.3. The van der Waals surface area contributed by atoms with Crippen molar-refractivity contribution in [2.24, 2.45) is 5.73 Å². The Balaban J connectivity index is 2.49. The summed E-state index contributed by atoms with van der Waals surface area (Å²) in [7, 11) is 0. The number of rotatable bonds is 2. The first-order valence-electron chi connectivity index (χ1n) is 4.30. The van der Waals surface area contributed by atoms with E-state index in [1.165, 1.54) is 0 Å². The Morgan fingerprint density at radius 1 is 1.54 bits per heavy atom. The molecule has 0 fully saturated rings. The SMILES string of the molecule is Cc1cc2nc(CCN)cn2cn1. The molecule has 0 saturated heterocycles. The molecule has 2 N–H and O–H groups in total. The van der Waals surface area contributed by atoms with Crippen LogP contribution in [0.15, 0.2) is 18.6 Å². The molecule has 0 amide bonds. The van der Waals surface area contributed by atoms with E-state index >= 15 is 0 Å². The van der Waals surface area contributed by atoms with Gasteiger partial charge in [-0.2, -0.15) is 0 Å². The van der Waals surface area contributed by atoms with Crippen molar-refractivity contribution in [3.63, 3.8) is 0 Å². The Kier molecular flexibility index (Phi) is 1.98. The molecule has 0 saturated carbocycles. The molecular formula is C9H12N4. The molecule has 0 aliphatic carbocycles. The number of hydrogen-bond donors (Lipinski definition) is 1. The number of aryl methyl sites for hydroxylation is 1. The summed E-state index contributed by atoms with van der Waals surface area (Å²) in [6.45, 7) is 2.59.